The summed E-state index contributed by atoms with van der Waals surface area (Å²) in [4.78, 5) is 0. The summed E-state index contributed by atoms with van der Waals surface area (Å²) >= 11 is 0. The molecule has 92 valence electrons. The van der Waals surface area contributed by atoms with Crippen LogP contribution in [0.1, 0.15) is 30.0 Å². The van der Waals surface area contributed by atoms with E-state index < -0.39 is 0 Å². The van der Waals surface area contributed by atoms with Crippen LogP contribution >= 0.6 is 0 Å². The Morgan fingerprint density at radius 2 is 2.06 bits per heavy atom. The summed E-state index contributed by atoms with van der Waals surface area (Å²) in [7, 11) is 3.85. The second-order valence-corrected chi connectivity index (χ2v) is 4.11. The van der Waals surface area contributed by atoms with Gasteiger partial charge in [0.15, 0.2) is 0 Å². The van der Waals surface area contributed by atoms with Crippen LogP contribution in [0.2, 0.25) is 0 Å². The average Bonchev–Trinajstić information content (AvgIpc) is 2.82. The standard InChI is InChI=1S/C11H18N6/c1-5-12-11(10-7-13-15-17(10)4)9-6-8(2)14-16(9)3/h6-7,11-12H,5H2,1-4H3. The third kappa shape index (κ3) is 2.21. The Bertz CT molecular complexity index is 498. The molecule has 0 aliphatic carbocycles. The van der Waals surface area contributed by atoms with E-state index in [0.717, 1.165) is 23.6 Å². The van der Waals surface area contributed by atoms with Crippen molar-refractivity contribution in [1.82, 2.24) is 30.1 Å². The first-order chi connectivity index (χ1) is 8.13. The lowest BCUT2D eigenvalue weighted by molar-refractivity contribution is 0.532. The molecular weight excluding hydrogens is 216 g/mol. The Kier molecular flexibility index (Phi) is 3.23. The molecule has 2 aromatic rings. The van der Waals surface area contributed by atoms with E-state index in [0.29, 0.717) is 0 Å². The maximum absolute atomic E-state index is 4.38. The molecular formula is C11H18N6. The molecule has 0 radical (unpaired) electrons. The average molecular weight is 234 g/mol. The quantitative estimate of drug-likeness (QED) is 0.839. The van der Waals surface area contributed by atoms with E-state index in [9.17, 15) is 0 Å². The zero-order chi connectivity index (χ0) is 12.4. The van der Waals surface area contributed by atoms with Crippen LogP contribution < -0.4 is 5.32 Å². The highest BCUT2D eigenvalue weighted by Gasteiger charge is 2.20. The molecule has 2 aromatic heterocycles. The molecule has 1 N–H and O–H groups in total. The molecule has 1 atom stereocenters. The lowest BCUT2D eigenvalue weighted by atomic mass is 10.1. The SMILES string of the molecule is CCNC(c1cnnn1C)c1cc(C)nn1C. The van der Waals surface area contributed by atoms with Crippen molar-refractivity contribution in [3.8, 4) is 0 Å². The van der Waals surface area contributed by atoms with Gasteiger partial charge in [-0.1, -0.05) is 12.1 Å². The highest BCUT2D eigenvalue weighted by Crippen LogP contribution is 2.20. The van der Waals surface area contributed by atoms with Crippen LogP contribution in [0.5, 0.6) is 0 Å². The molecule has 0 aromatic carbocycles. The summed E-state index contributed by atoms with van der Waals surface area (Å²) in [5, 5.41) is 15.7. The summed E-state index contributed by atoms with van der Waals surface area (Å²) in [5.41, 5.74) is 3.17. The molecule has 0 spiro atoms. The summed E-state index contributed by atoms with van der Waals surface area (Å²) < 4.78 is 3.69. The molecule has 0 saturated heterocycles. The van der Waals surface area contributed by atoms with Crippen molar-refractivity contribution in [2.24, 2.45) is 14.1 Å². The van der Waals surface area contributed by atoms with Gasteiger partial charge < -0.3 is 5.32 Å². The van der Waals surface area contributed by atoms with Gasteiger partial charge in [0.05, 0.1) is 29.3 Å². The van der Waals surface area contributed by atoms with E-state index in [1.54, 1.807) is 10.9 Å². The highest BCUT2D eigenvalue weighted by molar-refractivity contribution is 5.22. The first-order valence-corrected chi connectivity index (χ1v) is 5.72. The van der Waals surface area contributed by atoms with Gasteiger partial charge in [0.2, 0.25) is 0 Å². The zero-order valence-corrected chi connectivity index (χ0v) is 10.7. The molecule has 0 amide bonds. The minimum Gasteiger partial charge on any atom is -0.304 e. The van der Waals surface area contributed by atoms with Gasteiger partial charge in [0.1, 0.15) is 0 Å². The first kappa shape index (κ1) is 11.8. The van der Waals surface area contributed by atoms with E-state index in [4.69, 9.17) is 0 Å². The van der Waals surface area contributed by atoms with Crippen LogP contribution in [-0.4, -0.2) is 31.3 Å². The van der Waals surface area contributed by atoms with E-state index in [1.807, 2.05) is 25.7 Å². The van der Waals surface area contributed by atoms with Crippen LogP contribution in [-0.2, 0) is 14.1 Å². The molecule has 1 unspecified atom stereocenters. The smallest absolute Gasteiger partial charge is 0.0935 e. The van der Waals surface area contributed by atoms with Crippen molar-refractivity contribution in [2.45, 2.75) is 19.9 Å². The van der Waals surface area contributed by atoms with E-state index in [2.05, 4.69) is 33.7 Å². The zero-order valence-electron chi connectivity index (χ0n) is 10.7. The lowest BCUT2D eigenvalue weighted by Crippen LogP contribution is -2.26. The summed E-state index contributed by atoms with van der Waals surface area (Å²) in [6.07, 6.45) is 1.79. The van der Waals surface area contributed by atoms with E-state index >= 15 is 0 Å². The van der Waals surface area contributed by atoms with Crippen LogP contribution in [0.3, 0.4) is 0 Å². The predicted molar refractivity (Wildman–Crippen MR) is 64.5 cm³/mol. The second-order valence-electron chi connectivity index (χ2n) is 4.11. The van der Waals surface area contributed by atoms with Gasteiger partial charge in [-0.05, 0) is 19.5 Å². The van der Waals surface area contributed by atoms with Crippen molar-refractivity contribution >= 4 is 0 Å². The Hall–Kier alpha value is -1.69. The monoisotopic (exact) mass is 234 g/mol. The Morgan fingerprint density at radius 3 is 2.53 bits per heavy atom. The topological polar surface area (TPSA) is 60.6 Å². The molecule has 6 nitrogen and oxygen atoms in total. The van der Waals surface area contributed by atoms with Crippen LogP contribution in [0.25, 0.3) is 0 Å². The van der Waals surface area contributed by atoms with Gasteiger partial charge in [-0.25, -0.2) is 0 Å². The fourth-order valence-corrected chi connectivity index (χ4v) is 2.02. The van der Waals surface area contributed by atoms with E-state index in [-0.39, 0.29) is 6.04 Å². The maximum Gasteiger partial charge on any atom is 0.0935 e. The number of aromatic nitrogens is 5. The molecule has 17 heavy (non-hydrogen) atoms. The molecule has 2 rings (SSSR count). The molecule has 0 fully saturated rings. The number of nitrogens with one attached hydrogen (secondary N) is 1. The fraction of sp³-hybridized carbons (Fsp3) is 0.545. The van der Waals surface area contributed by atoms with Crippen LogP contribution in [0.4, 0.5) is 0 Å². The summed E-state index contributed by atoms with van der Waals surface area (Å²) in [6, 6.07) is 2.16. The number of hydrogen-bond acceptors (Lipinski definition) is 4. The number of aryl methyl sites for hydroxylation is 3. The third-order valence-electron chi connectivity index (χ3n) is 2.79. The van der Waals surface area contributed by atoms with Gasteiger partial charge in [-0.15, -0.1) is 5.10 Å². The third-order valence-corrected chi connectivity index (χ3v) is 2.79. The van der Waals surface area contributed by atoms with Gasteiger partial charge in [0.25, 0.3) is 0 Å². The molecule has 2 heterocycles. The number of nitrogens with zero attached hydrogens (tertiary/aromatic N) is 5. The predicted octanol–water partition coefficient (Wildman–Crippen LogP) is 0.556. The molecule has 6 heteroatoms. The molecule has 0 aliphatic rings. The Balaban J connectivity index is 2.42. The largest absolute Gasteiger partial charge is 0.304 e. The highest BCUT2D eigenvalue weighted by atomic mass is 15.4. The Labute approximate surface area is 101 Å². The first-order valence-electron chi connectivity index (χ1n) is 5.72. The minimum atomic E-state index is 0.0752. The van der Waals surface area contributed by atoms with Crippen LogP contribution in [0, 0.1) is 6.92 Å². The lowest BCUT2D eigenvalue weighted by Gasteiger charge is -2.17. The normalized spacial score (nSPS) is 12.9. The van der Waals surface area contributed by atoms with Crippen molar-refractivity contribution in [3.05, 3.63) is 29.3 Å². The number of hydrogen-bond donors (Lipinski definition) is 1. The molecule has 0 bridgehead atoms. The molecule has 0 saturated carbocycles. The van der Waals surface area contributed by atoms with Crippen molar-refractivity contribution in [1.29, 1.82) is 0 Å². The Morgan fingerprint density at radius 1 is 1.29 bits per heavy atom. The van der Waals surface area contributed by atoms with Gasteiger partial charge in [-0.3, -0.25) is 9.36 Å². The summed E-state index contributed by atoms with van der Waals surface area (Å²) in [6.45, 7) is 4.95. The van der Waals surface area contributed by atoms with Gasteiger partial charge in [-0.2, -0.15) is 5.10 Å². The second kappa shape index (κ2) is 4.67. The maximum atomic E-state index is 4.38. The molecule has 0 aliphatic heterocycles. The van der Waals surface area contributed by atoms with Gasteiger partial charge >= 0.3 is 0 Å². The van der Waals surface area contributed by atoms with E-state index in [1.165, 1.54) is 0 Å². The van der Waals surface area contributed by atoms with Crippen molar-refractivity contribution in [2.75, 3.05) is 6.54 Å². The van der Waals surface area contributed by atoms with Crippen LogP contribution in [0.15, 0.2) is 12.3 Å². The minimum absolute atomic E-state index is 0.0752. The fourth-order valence-electron chi connectivity index (χ4n) is 2.02. The summed E-state index contributed by atoms with van der Waals surface area (Å²) in [5.74, 6) is 0. The van der Waals surface area contributed by atoms with Gasteiger partial charge in [0, 0.05) is 14.1 Å². The van der Waals surface area contributed by atoms with Crippen molar-refractivity contribution < 1.29 is 0 Å². The number of rotatable bonds is 4. The van der Waals surface area contributed by atoms with Crippen molar-refractivity contribution in [3.63, 3.8) is 0 Å².